The van der Waals surface area contributed by atoms with Crippen molar-refractivity contribution < 1.29 is 18.7 Å². The molecule has 0 amide bonds. The van der Waals surface area contributed by atoms with Crippen LogP contribution >= 0.6 is 0 Å². The summed E-state index contributed by atoms with van der Waals surface area (Å²) >= 11 is 0. The van der Waals surface area contributed by atoms with Crippen LogP contribution in [0.3, 0.4) is 0 Å². The number of aromatic carboxylic acids is 1. The zero-order chi connectivity index (χ0) is 11.6. The Labute approximate surface area is 83.8 Å². The molecular weight excluding hydrogens is 206 g/mol. The van der Waals surface area contributed by atoms with E-state index < -0.39 is 23.5 Å². The monoisotopic (exact) mass is 212 g/mol. The van der Waals surface area contributed by atoms with Crippen molar-refractivity contribution in [1.82, 2.24) is 4.98 Å². The number of alkyl halides is 2. The van der Waals surface area contributed by atoms with E-state index in [9.17, 15) is 13.6 Å². The zero-order valence-electron chi connectivity index (χ0n) is 7.66. The third-order valence-corrected chi connectivity index (χ3v) is 1.91. The summed E-state index contributed by atoms with van der Waals surface area (Å²) < 4.78 is 24.8. The highest BCUT2D eigenvalue weighted by molar-refractivity contribution is 5.91. The predicted molar refractivity (Wildman–Crippen MR) is 45.6 cm³/mol. The maximum absolute atomic E-state index is 12.4. The number of rotatable bonds is 2. The van der Waals surface area contributed by atoms with Crippen molar-refractivity contribution in [3.8, 4) is 6.07 Å². The van der Waals surface area contributed by atoms with Crippen molar-refractivity contribution in [2.75, 3.05) is 0 Å². The van der Waals surface area contributed by atoms with Crippen molar-refractivity contribution in [1.29, 1.82) is 5.26 Å². The second-order valence-corrected chi connectivity index (χ2v) is 2.78. The Bertz CT molecular complexity index is 452. The third-order valence-electron chi connectivity index (χ3n) is 1.91. The average molecular weight is 212 g/mol. The fourth-order valence-corrected chi connectivity index (χ4v) is 1.19. The standard InChI is InChI=1S/C9H6F2N2O2/c1-4-6(2-12)13-3-5(8(10)11)7(4)9(14)15/h3,8H,1H3,(H,14,15). The molecule has 15 heavy (non-hydrogen) atoms. The minimum atomic E-state index is -2.92. The van der Waals surface area contributed by atoms with Crippen LogP contribution in [0.4, 0.5) is 8.78 Å². The van der Waals surface area contributed by atoms with Crippen LogP contribution in [0, 0.1) is 18.3 Å². The molecule has 1 aromatic heterocycles. The molecular formula is C9H6F2N2O2. The van der Waals surface area contributed by atoms with Crippen LogP contribution in [0.15, 0.2) is 6.20 Å². The van der Waals surface area contributed by atoms with Crippen molar-refractivity contribution in [3.63, 3.8) is 0 Å². The van der Waals surface area contributed by atoms with E-state index in [1.165, 1.54) is 6.92 Å². The van der Waals surface area contributed by atoms with Crippen molar-refractivity contribution >= 4 is 5.97 Å². The van der Waals surface area contributed by atoms with Gasteiger partial charge in [0.1, 0.15) is 11.8 Å². The van der Waals surface area contributed by atoms with Gasteiger partial charge in [0.15, 0.2) is 0 Å². The number of carboxylic acid groups (broad SMARTS) is 1. The second kappa shape index (κ2) is 4.00. The lowest BCUT2D eigenvalue weighted by molar-refractivity contribution is 0.0683. The molecule has 0 aliphatic carbocycles. The van der Waals surface area contributed by atoms with Gasteiger partial charge in [-0.3, -0.25) is 0 Å². The van der Waals surface area contributed by atoms with E-state index in [2.05, 4.69) is 4.98 Å². The van der Waals surface area contributed by atoms with Crippen LogP contribution in [-0.2, 0) is 0 Å². The molecule has 0 spiro atoms. The normalized spacial score (nSPS) is 10.1. The van der Waals surface area contributed by atoms with Gasteiger partial charge >= 0.3 is 5.97 Å². The number of nitrogens with zero attached hydrogens (tertiary/aromatic N) is 2. The van der Waals surface area contributed by atoms with Gasteiger partial charge in [0, 0.05) is 11.8 Å². The molecule has 0 unspecified atom stereocenters. The average Bonchev–Trinajstić information content (AvgIpc) is 2.16. The Balaban J connectivity index is 3.53. The number of nitriles is 1. The highest BCUT2D eigenvalue weighted by Crippen LogP contribution is 2.25. The summed E-state index contributed by atoms with van der Waals surface area (Å²) in [5.74, 6) is -1.48. The van der Waals surface area contributed by atoms with Gasteiger partial charge in [0.25, 0.3) is 6.43 Å². The number of hydrogen-bond donors (Lipinski definition) is 1. The summed E-state index contributed by atoms with van der Waals surface area (Å²) in [4.78, 5) is 14.2. The molecule has 0 saturated heterocycles. The number of pyridine rings is 1. The molecule has 6 heteroatoms. The van der Waals surface area contributed by atoms with E-state index in [4.69, 9.17) is 10.4 Å². The first-order valence-electron chi connectivity index (χ1n) is 3.90. The Morgan fingerprint density at radius 1 is 1.67 bits per heavy atom. The lowest BCUT2D eigenvalue weighted by Crippen LogP contribution is -2.08. The Hall–Kier alpha value is -2.03. The Kier molecular flexibility index (Phi) is 2.95. The first-order valence-corrected chi connectivity index (χ1v) is 3.90. The smallest absolute Gasteiger partial charge is 0.336 e. The molecule has 0 aliphatic rings. The number of carboxylic acids is 1. The summed E-state index contributed by atoms with van der Waals surface area (Å²) in [5.41, 5.74) is -1.41. The molecule has 0 fully saturated rings. The highest BCUT2D eigenvalue weighted by atomic mass is 19.3. The minimum absolute atomic E-state index is 0.0391. The number of halogens is 2. The molecule has 1 aromatic rings. The van der Waals surface area contributed by atoms with E-state index >= 15 is 0 Å². The summed E-state index contributed by atoms with van der Waals surface area (Å²) in [5, 5.41) is 17.3. The molecule has 1 N–H and O–H groups in total. The summed E-state index contributed by atoms with van der Waals surface area (Å²) in [7, 11) is 0. The maximum atomic E-state index is 12.4. The molecule has 0 bridgehead atoms. The van der Waals surface area contributed by atoms with Crippen LogP contribution in [0.1, 0.15) is 33.6 Å². The number of aromatic nitrogens is 1. The summed E-state index contributed by atoms with van der Waals surface area (Å²) in [6, 6.07) is 1.64. The minimum Gasteiger partial charge on any atom is -0.478 e. The molecule has 0 radical (unpaired) electrons. The van der Waals surface area contributed by atoms with E-state index in [0.717, 1.165) is 6.20 Å². The van der Waals surface area contributed by atoms with E-state index in [-0.39, 0.29) is 11.3 Å². The molecule has 78 valence electrons. The van der Waals surface area contributed by atoms with Gasteiger partial charge in [-0.15, -0.1) is 0 Å². The van der Waals surface area contributed by atoms with Crippen molar-refractivity contribution in [3.05, 3.63) is 28.6 Å². The summed E-state index contributed by atoms with van der Waals surface area (Å²) in [6.45, 7) is 1.28. The highest BCUT2D eigenvalue weighted by Gasteiger charge is 2.22. The van der Waals surface area contributed by atoms with Crippen LogP contribution in [-0.4, -0.2) is 16.1 Å². The van der Waals surface area contributed by atoms with E-state index in [0.29, 0.717) is 0 Å². The predicted octanol–water partition coefficient (Wildman–Crippen LogP) is 1.90. The van der Waals surface area contributed by atoms with Crippen LogP contribution < -0.4 is 0 Å². The quantitative estimate of drug-likeness (QED) is 0.812. The lowest BCUT2D eigenvalue weighted by atomic mass is 10.0. The number of carbonyl (C=O) groups is 1. The molecule has 4 nitrogen and oxygen atoms in total. The van der Waals surface area contributed by atoms with Gasteiger partial charge < -0.3 is 5.11 Å². The Morgan fingerprint density at radius 3 is 2.67 bits per heavy atom. The SMILES string of the molecule is Cc1c(C#N)ncc(C(F)F)c1C(=O)O. The first kappa shape index (κ1) is 11.0. The fourth-order valence-electron chi connectivity index (χ4n) is 1.19. The van der Waals surface area contributed by atoms with Crippen LogP contribution in [0.2, 0.25) is 0 Å². The number of hydrogen-bond acceptors (Lipinski definition) is 3. The van der Waals surface area contributed by atoms with Crippen LogP contribution in [0.5, 0.6) is 0 Å². The van der Waals surface area contributed by atoms with Gasteiger partial charge in [0.2, 0.25) is 0 Å². The largest absolute Gasteiger partial charge is 0.478 e. The molecule has 0 aromatic carbocycles. The third kappa shape index (κ3) is 1.91. The van der Waals surface area contributed by atoms with E-state index in [1.807, 2.05) is 0 Å². The molecule has 0 aliphatic heterocycles. The van der Waals surface area contributed by atoms with Gasteiger partial charge in [-0.1, -0.05) is 0 Å². The van der Waals surface area contributed by atoms with Crippen molar-refractivity contribution in [2.24, 2.45) is 0 Å². The van der Waals surface area contributed by atoms with Crippen LogP contribution in [0.25, 0.3) is 0 Å². The molecule has 0 atom stereocenters. The van der Waals surface area contributed by atoms with Gasteiger partial charge in [-0.05, 0) is 6.92 Å². The van der Waals surface area contributed by atoms with E-state index in [1.54, 1.807) is 6.07 Å². The Morgan fingerprint density at radius 2 is 2.27 bits per heavy atom. The zero-order valence-corrected chi connectivity index (χ0v) is 7.66. The maximum Gasteiger partial charge on any atom is 0.336 e. The van der Waals surface area contributed by atoms with Gasteiger partial charge in [0.05, 0.1) is 11.1 Å². The second-order valence-electron chi connectivity index (χ2n) is 2.78. The lowest BCUT2D eigenvalue weighted by Gasteiger charge is -2.08. The first-order chi connectivity index (χ1) is 6.99. The fraction of sp³-hybridized carbons (Fsp3) is 0.222. The molecule has 0 saturated carbocycles. The molecule has 1 rings (SSSR count). The molecule has 1 heterocycles. The summed E-state index contributed by atoms with van der Waals surface area (Å²) in [6.07, 6.45) is -2.20. The van der Waals surface area contributed by atoms with Gasteiger partial charge in [-0.25, -0.2) is 18.6 Å². The van der Waals surface area contributed by atoms with Crippen molar-refractivity contribution in [2.45, 2.75) is 13.3 Å². The topological polar surface area (TPSA) is 74.0 Å². The van der Waals surface area contributed by atoms with Gasteiger partial charge in [-0.2, -0.15) is 5.26 Å².